The van der Waals surface area contributed by atoms with Crippen LogP contribution in [0.15, 0.2) is 12.1 Å². The largest absolute Gasteiger partial charge is 0.384 e. The number of pyridine rings is 1. The van der Waals surface area contributed by atoms with Gasteiger partial charge in [-0.15, -0.1) is 11.6 Å². The van der Waals surface area contributed by atoms with Crippen molar-refractivity contribution in [2.45, 2.75) is 12.8 Å². The van der Waals surface area contributed by atoms with Gasteiger partial charge in [0.1, 0.15) is 5.82 Å². The molecule has 0 aliphatic carbocycles. The molecule has 1 aromatic rings. The Balaban J connectivity index is 3.09. The highest BCUT2D eigenvalue weighted by Crippen LogP contribution is 2.09. The Kier molecular flexibility index (Phi) is 2.12. The standard InChI is InChI=1S/C7H9ClN2/c1-5-2-3-7(9)10-6(5)4-8/h2-3H,4H2,1H3,(H2,9,10). The predicted octanol–water partition coefficient (Wildman–Crippen LogP) is 1.71. The van der Waals surface area contributed by atoms with E-state index in [-0.39, 0.29) is 0 Å². The van der Waals surface area contributed by atoms with Gasteiger partial charge in [-0.25, -0.2) is 4.98 Å². The molecule has 1 aromatic heterocycles. The predicted molar refractivity (Wildman–Crippen MR) is 42.9 cm³/mol. The Bertz CT molecular complexity index is 235. The van der Waals surface area contributed by atoms with Crippen molar-refractivity contribution in [2.24, 2.45) is 0 Å². The molecule has 0 aromatic carbocycles. The molecule has 0 bridgehead atoms. The van der Waals surface area contributed by atoms with E-state index in [1.54, 1.807) is 6.07 Å². The fourth-order valence-electron chi connectivity index (χ4n) is 0.723. The topological polar surface area (TPSA) is 38.9 Å². The van der Waals surface area contributed by atoms with E-state index in [4.69, 9.17) is 17.3 Å². The average Bonchev–Trinajstić information content (AvgIpc) is 1.94. The zero-order valence-electron chi connectivity index (χ0n) is 5.76. The van der Waals surface area contributed by atoms with Gasteiger partial charge in [0.2, 0.25) is 0 Å². The molecule has 0 aliphatic rings. The summed E-state index contributed by atoms with van der Waals surface area (Å²) < 4.78 is 0. The highest BCUT2D eigenvalue weighted by atomic mass is 35.5. The number of anilines is 1. The summed E-state index contributed by atoms with van der Waals surface area (Å²) in [7, 11) is 0. The van der Waals surface area contributed by atoms with Crippen LogP contribution in [0.2, 0.25) is 0 Å². The van der Waals surface area contributed by atoms with Crippen molar-refractivity contribution in [3.05, 3.63) is 23.4 Å². The van der Waals surface area contributed by atoms with E-state index >= 15 is 0 Å². The van der Waals surface area contributed by atoms with Gasteiger partial charge in [0.05, 0.1) is 11.6 Å². The number of rotatable bonds is 1. The first kappa shape index (κ1) is 7.35. The normalized spacial score (nSPS) is 9.80. The Morgan fingerprint density at radius 2 is 2.30 bits per heavy atom. The van der Waals surface area contributed by atoms with Gasteiger partial charge in [0, 0.05) is 0 Å². The first-order chi connectivity index (χ1) is 4.74. The van der Waals surface area contributed by atoms with Crippen LogP contribution < -0.4 is 5.73 Å². The molecule has 0 unspecified atom stereocenters. The van der Waals surface area contributed by atoms with Crippen LogP contribution in [0.4, 0.5) is 5.82 Å². The van der Waals surface area contributed by atoms with Crippen molar-refractivity contribution in [2.75, 3.05) is 5.73 Å². The molecule has 2 N–H and O–H groups in total. The number of halogens is 1. The van der Waals surface area contributed by atoms with Crippen molar-refractivity contribution in [3.63, 3.8) is 0 Å². The van der Waals surface area contributed by atoms with Gasteiger partial charge in [0.25, 0.3) is 0 Å². The van der Waals surface area contributed by atoms with Crippen LogP contribution in [-0.2, 0) is 5.88 Å². The molecule has 1 rings (SSSR count). The van der Waals surface area contributed by atoms with Gasteiger partial charge in [-0.3, -0.25) is 0 Å². The minimum absolute atomic E-state index is 0.427. The number of hydrogen-bond donors (Lipinski definition) is 1. The van der Waals surface area contributed by atoms with Crippen LogP contribution in [-0.4, -0.2) is 4.98 Å². The summed E-state index contributed by atoms with van der Waals surface area (Å²) in [6.45, 7) is 1.96. The summed E-state index contributed by atoms with van der Waals surface area (Å²) in [5, 5.41) is 0. The molecule has 0 aliphatic heterocycles. The first-order valence-corrected chi connectivity index (χ1v) is 3.55. The van der Waals surface area contributed by atoms with Crippen LogP contribution >= 0.6 is 11.6 Å². The summed E-state index contributed by atoms with van der Waals surface area (Å²) in [6, 6.07) is 3.69. The third kappa shape index (κ3) is 1.39. The molecule has 3 heteroatoms. The number of nitrogen functional groups attached to an aromatic ring is 1. The molecule has 2 nitrogen and oxygen atoms in total. The number of nitrogens with two attached hydrogens (primary N) is 1. The van der Waals surface area contributed by atoms with Crippen LogP contribution in [0.1, 0.15) is 11.3 Å². The van der Waals surface area contributed by atoms with Crippen molar-refractivity contribution < 1.29 is 0 Å². The maximum atomic E-state index is 5.59. The maximum Gasteiger partial charge on any atom is 0.123 e. The molecular weight excluding hydrogens is 148 g/mol. The quantitative estimate of drug-likeness (QED) is 0.629. The molecule has 0 saturated carbocycles. The Morgan fingerprint density at radius 3 is 2.80 bits per heavy atom. The summed E-state index contributed by atoms with van der Waals surface area (Å²) in [5.74, 6) is 0.956. The van der Waals surface area contributed by atoms with Crippen LogP contribution in [0.3, 0.4) is 0 Å². The molecule has 1 heterocycles. The fraction of sp³-hybridized carbons (Fsp3) is 0.286. The summed E-state index contributed by atoms with van der Waals surface area (Å²) in [6.07, 6.45) is 0. The number of hydrogen-bond acceptors (Lipinski definition) is 2. The van der Waals surface area contributed by atoms with Crippen molar-refractivity contribution in [3.8, 4) is 0 Å². The summed E-state index contributed by atoms with van der Waals surface area (Å²) >= 11 is 5.59. The van der Waals surface area contributed by atoms with E-state index in [1.807, 2.05) is 13.0 Å². The SMILES string of the molecule is Cc1ccc(N)nc1CCl. The number of aromatic nitrogens is 1. The van der Waals surface area contributed by atoms with E-state index in [2.05, 4.69) is 4.98 Å². The van der Waals surface area contributed by atoms with Crippen LogP contribution in [0.5, 0.6) is 0 Å². The van der Waals surface area contributed by atoms with Crippen LogP contribution in [0, 0.1) is 6.92 Å². The highest BCUT2D eigenvalue weighted by Gasteiger charge is 1.96. The van der Waals surface area contributed by atoms with E-state index in [0.29, 0.717) is 11.7 Å². The molecule has 0 radical (unpaired) electrons. The second-order valence-corrected chi connectivity index (χ2v) is 2.40. The van der Waals surface area contributed by atoms with Crippen molar-refractivity contribution in [1.29, 1.82) is 0 Å². The molecule has 0 amide bonds. The molecule has 0 fully saturated rings. The second kappa shape index (κ2) is 2.88. The zero-order chi connectivity index (χ0) is 7.56. The lowest BCUT2D eigenvalue weighted by atomic mass is 10.2. The maximum absolute atomic E-state index is 5.59. The number of alkyl halides is 1. The fourth-order valence-corrected chi connectivity index (χ4v) is 0.994. The molecule has 54 valence electrons. The van der Waals surface area contributed by atoms with E-state index in [1.165, 1.54) is 0 Å². The second-order valence-electron chi connectivity index (χ2n) is 2.13. The first-order valence-electron chi connectivity index (χ1n) is 3.02. The number of aryl methyl sites for hydroxylation is 1. The third-order valence-corrected chi connectivity index (χ3v) is 1.60. The Hall–Kier alpha value is -0.760. The lowest BCUT2D eigenvalue weighted by Gasteiger charge is -2.00. The zero-order valence-corrected chi connectivity index (χ0v) is 6.52. The summed E-state index contributed by atoms with van der Waals surface area (Å²) in [4.78, 5) is 4.04. The van der Waals surface area contributed by atoms with E-state index < -0.39 is 0 Å². The minimum Gasteiger partial charge on any atom is -0.384 e. The van der Waals surface area contributed by atoms with Gasteiger partial charge < -0.3 is 5.73 Å². The summed E-state index contributed by atoms with van der Waals surface area (Å²) in [5.41, 5.74) is 7.38. The molecule has 0 saturated heterocycles. The smallest absolute Gasteiger partial charge is 0.123 e. The van der Waals surface area contributed by atoms with Gasteiger partial charge in [-0.1, -0.05) is 6.07 Å². The Morgan fingerprint density at radius 1 is 1.60 bits per heavy atom. The number of nitrogens with zero attached hydrogens (tertiary/aromatic N) is 1. The molecular formula is C7H9ClN2. The lowest BCUT2D eigenvalue weighted by Crippen LogP contribution is -1.95. The third-order valence-electron chi connectivity index (χ3n) is 1.35. The molecule has 0 spiro atoms. The van der Waals surface area contributed by atoms with E-state index in [9.17, 15) is 0 Å². The average molecular weight is 157 g/mol. The van der Waals surface area contributed by atoms with Crippen LogP contribution in [0.25, 0.3) is 0 Å². The monoisotopic (exact) mass is 156 g/mol. The van der Waals surface area contributed by atoms with Gasteiger partial charge in [-0.05, 0) is 18.6 Å². The van der Waals surface area contributed by atoms with Gasteiger partial charge >= 0.3 is 0 Å². The minimum atomic E-state index is 0.427. The van der Waals surface area contributed by atoms with Gasteiger partial charge in [0.15, 0.2) is 0 Å². The molecule has 0 atom stereocenters. The lowest BCUT2D eigenvalue weighted by molar-refractivity contribution is 1.13. The Labute approximate surface area is 65.0 Å². The van der Waals surface area contributed by atoms with Gasteiger partial charge in [-0.2, -0.15) is 0 Å². The molecule has 10 heavy (non-hydrogen) atoms. The van der Waals surface area contributed by atoms with E-state index in [0.717, 1.165) is 11.3 Å². The highest BCUT2D eigenvalue weighted by molar-refractivity contribution is 6.17. The van der Waals surface area contributed by atoms with Crippen molar-refractivity contribution in [1.82, 2.24) is 4.98 Å². The van der Waals surface area contributed by atoms with Crippen molar-refractivity contribution >= 4 is 17.4 Å².